The number of rotatable bonds is 8. The molecule has 3 rings (SSSR count). The topological polar surface area (TPSA) is 126 Å². The normalized spacial score (nSPS) is 17.7. The monoisotopic (exact) mass is 496 g/mol. The molecule has 1 fully saturated rings. The van der Waals surface area contributed by atoms with Crippen LogP contribution in [0.5, 0.6) is 11.5 Å². The van der Waals surface area contributed by atoms with E-state index in [4.69, 9.17) is 14.9 Å². The number of aromatic nitrogens is 1. The van der Waals surface area contributed by atoms with Gasteiger partial charge in [-0.15, -0.1) is 13.2 Å². The number of alkyl carbamates (subject to hydrolysis) is 1. The summed E-state index contributed by atoms with van der Waals surface area (Å²) in [5, 5.41) is 23.6. The number of nitrogens with one attached hydrogen (secondary N) is 3. The van der Waals surface area contributed by atoms with Crippen molar-refractivity contribution in [3.05, 3.63) is 42.1 Å². The summed E-state index contributed by atoms with van der Waals surface area (Å²) in [6.45, 7) is 4.94. The molecule has 12 heteroatoms. The predicted molar refractivity (Wildman–Crippen MR) is 121 cm³/mol. The second-order valence-corrected chi connectivity index (χ2v) is 8.93. The molecule has 1 aromatic heterocycles. The standard InChI is InChI=1S/C23H27F3N4O5/c1-22(2,3)35-21(32)29-12-17(27)19-18(33-16-10-14(31)11-16)8-9-28-20(19)30-13-4-6-15(7-5-13)34-23(24,25)26/h4-9,14,16,27,31H,10-12H2,1-3H3,(H,28,30)(H,29,32). The van der Waals surface area contributed by atoms with Gasteiger partial charge in [-0.3, -0.25) is 0 Å². The van der Waals surface area contributed by atoms with E-state index in [0.717, 1.165) is 12.1 Å². The first kappa shape index (κ1) is 26.1. The van der Waals surface area contributed by atoms with Gasteiger partial charge in [-0.05, 0) is 51.1 Å². The lowest BCUT2D eigenvalue weighted by molar-refractivity contribution is -0.274. The molecule has 0 saturated heterocycles. The van der Waals surface area contributed by atoms with Crippen LogP contribution in [0.25, 0.3) is 0 Å². The van der Waals surface area contributed by atoms with Crippen molar-refractivity contribution in [1.29, 1.82) is 5.41 Å². The summed E-state index contributed by atoms with van der Waals surface area (Å²) >= 11 is 0. The number of carbonyl (C=O) groups excluding carboxylic acids is 1. The van der Waals surface area contributed by atoms with Crippen LogP contribution < -0.4 is 20.1 Å². The lowest BCUT2D eigenvalue weighted by atomic mass is 9.92. The lowest BCUT2D eigenvalue weighted by Gasteiger charge is -2.32. The molecule has 1 aromatic carbocycles. The Morgan fingerprint density at radius 1 is 1.17 bits per heavy atom. The summed E-state index contributed by atoms with van der Waals surface area (Å²) in [5.41, 5.74) is -0.120. The van der Waals surface area contributed by atoms with Crippen LogP contribution >= 0.6 is 0 Å². The van der Waals surface area contributed by atoms with Crippen molar-refractivity contribution in [2.45, 2.75) is 57.8 Å². The number of ether oxygens (including phenoxy) is 3. The zero-order valence-electron chi connectivity index (χ0n) is 19.4. The van der Waals surface area contributed by atoms with E-state index < -0.39 is 24.2 Å². The maximum absolute atomic E-state index is 12.4. The second kappa shape index (κ2) is 10.4. The highest BCUT2D eigenvalue weighted by molar-refractivity contribution is 6.07. The average molecular weight is 496 g/mol. The van der Waals surface area contributed by atoms with Crippen LogP contribution in [-0.4, -0.2) is 52.6 Å². The smallest absolute Gasteiger partial charge is 0.489 e. The van der Waals surface area contributed by atoms with Gasteiger partial charge in [0.1, 0.15) is 29.0 Å². The van der Waals surface area contributed by atoms with Crippen LogP contribution in [0.2, 0.25) is 0 Å². The van der Waals surface area contributed by atoms with Crippen LogP contribution in [-0.2, 0) is 4.74 Å². The Kier molecular flexibility index (Phi) is 7.73. The number of aliphatic hydroxyl groups excluding tert-OH is 1. The van der Waals surface area contributed by atoms with E-state index >= 15 is 0 Å². The van der Waals surface area contributed by atoms with Gasteiger partial charge in [0, 0.05) is 24.7 Å². The molecule has 1 aliphatic rings. The maximum atomic E-state index is 12.4. The van der Waals surface area contributed by atoms with Gasteiger partial charge in [-0.1, -0.05) is 0 Å². The van der Waals surface area contributed by atoms with Gasteiger partial charge < -0.3 is 35.4 Å². The molecule has 0 radical (unpaired) electrons. The number of nitrogens with zero attached hydrogens (tertiary/aromatic N) is 1. The first-order chi connectivity index (χ1) is 16.3. The van der Waals surface area contributed by atoms with Gasteiger partial charge in [0.15, 0.2) is 0 Å². The minimum absolute atomic E-state index is 0.0432. The van der Waals surface area contributed by atoms with E-state index in [2.05, 4.69) is 20.4 Å². The van der Waals surface area contributed by atoms with E-state index in [-0.39, 0.29) is 35.5 Å². The minimum atomic E-state index is -4.80. The average Bonchev–Trinajstić information content (AvgIpc) is 2.70. The Labute approximate surface area is 200 Å². The van der Waals surface area contributed by atoms with E-state index in [0.29, 0.717) is 24.3 Å². The quantitative estimate of drug-likeness (QED) is 0.396. The summed E-state index contributed by atoms with van der Waals surface area (Å²) < 4.78 is 52.3. The van der Waals surface area contributed by atoms with Crippen molar-refractivity contribution in [2.75, 3.05) is 11.9 Å². The van der Waals surface area contributed by atoms with Crippen molar-refractivity contribution in [1.82, 2.24) is 10.3 Å². The molecule has 1 amide bonds. The molecule has 9 nitrogen and oxygen atoms in total. The SMILES string of the molecule is CC(C)(C)OC(=O)NCC(=N)c1c(OC2CC(O)C2)ccnc1Nc1ccc(OC(F)(F)F)cc1. The van der Waals surface area contributed by atoms with E-state index in [1.165, 1.54) is 18.3 Å². The third-order valence-electron chi connectivity index (χ3n) is 4.74. The van der Waals surface area contributed by atoms with E-state index in [1.54, 1.807) is 26.8 Å². The molecule has 0 bridgehead atoms. The molecule has 0 unspecified atom stereocenters. The van der Waals surface area contributed by atoms with Crippen molar-refractivity contribution in [3.8, 4) is 11.5 Å². The van der Waals surface area contributed by atoms with Crippen LogP contribution in [0.3, 0.4) is 0 Å². The zero-order valence-corrected chi connectivity index (χ0v) is 19.4. The number of carbonyl (C=O) groups is 1. The van der Waals surface area contributed by atoms with Gasteiger partial charge in [0.25, 0.3) is 0 Å². The Hall–Kier alpha value is -3.54. The Morgan fingerprint density at radius 3 is 2.40 bits per heavy atom. The molecule has 2 aromatic rings. The fourth-order valence-electron chi connectivity index (χ4n) is 3.18. The first-order valence-corrected chi connectivity index (χ1v) is 10.8. The van der Waals surface area contributed by atoms with Crippen molar-refractivity contribution < 1.29 is 37.3 Å². The minimum Gasteiger partial charge on any atom is -0.489 e. The highest BCUT2D eigenvalue weighted by atomic mass is 19.4. The molecule has 0 aliphatic heterocycles. The molecule has 1 aliphatic carbocycles. The summed E-state index contributed by atoms with van der Waals surface area (Å²) in [4.78, 5) is 16.3. The third kappa shape index (κ3) is 8.02. The fourth-order valence-corrected chi connectivity index (χ4v) is 3.18. The predicted octanol–water partition coefficient (Wildman–Crippen LogP) is 4.52. The molecule has 0 atom stereocenters. The number of hydrogen-bond acceptors (Lipinski definition) is 8. The highest BCUT2D eigenvalue weighted by Gasteiger charge is 2.32. The molecule has 1 saturated carbocycles. The molecule has 35 heavy (non-hydrogen) atoms. The molecule has 4 N–H and O–H groups in total. The Morgan fingerprint density at radius 2 is 1.83 bits per heavy atom. The van der Waals surface area contributed by atoms with Gasteiger partial charge in [0.2, 0.25) is 0 Å². The Balaban J connectivity index is 1.81. The zero-order chi connectivity index (χ0) is 25.8. The maximum Gasteiger partial charge on any atom is 0.573 e. The van der Waals surface area contributed by atoms with Crippen molar-refractivity contribution >= 4 is 23.3 Å². The first-order valence-electron chi connectivity index (χ1n) is 10.8. The van der Waals surface area contributed by atoms with Crippen LogP contribution in [0, 0.1) is 5.41 Å². The molecule has 0 spiro atoms. The molecular weight excluding hydrogens is 469 g/mol. The number of alkyl halides is 3. The number of benzene rings is 1. The number of pyridine rings is 1. The number of amides is 1. The number of anilines is 2. The number of hydrogen-bond donors (Lipinski definition) is 4. The van der Waals surface area contributed by atoms with Crippen molar-refractivity contribution in [2.24, 2.45) is 0 Å². The number of halogens is 3. The third-order valence-corrected chi connectivity index (χ3v) is 4.74. The van der Waals surface area contributed by atoms with Crippen LogP contribution in [0.1, 0.15) is 39.2 Å². The van der Waals surface area contributed by atoms with Gasteiger partial charge in [-0.25, -0.2) is 9.78 Å². The molecule has 1 heterocycles. The van der Waals surface area contributed by atoms with Gasteiger partial charge in [-0.2, -0.15) is 0 Å². The molecular formula is C23H27F3N4O5. The Bertz CT molecular complexity index is 1050. The number of aliphatic hydroxyl groups is 1. The van der Waals surface area contributed by atoms with Crippen LogP contribution in [0.15, 0.2) is 36.5 Å². The summed E-state index contributed by atoms with van der Waals surface area (Å²) in [6.07, 6.45) is -3.88. The van der Waals surface area contributed by atoms with Gasteiger partial charge in [0.05, 0.1) is 23.9 Å². The van der Waals surface area contributed by atoms with Crippen molar-refractivity contribution in [3.63, 3.8) is 0 Å². The van der Waals surface area contributed by atoms with E-state index in [9.17, 15) is 23.1 Å². The molecule has 190 valence electrons. The lowest BCUT2D eigenvalue weighted by Crippen LogP contribution is -2.38. The van der Waals surface area contributed by atoms with Crippen LogP contribution in [0.4, 0.5) is 29.5 Å². The van der Waals surface area contributed by atoms with E-state index in [1.807, 2.05) is 0 Å². The second-order valence-electron chi connectivity index (χ2n) is 8.93. The summed E-state index contributed by atoms with van der Waals surface area (Å²) in [7, 11) is 0. The fraction of sp³-hybridized carbons (Fsp3) is 0.435. The van der Waals surface area contributed by atoms with Gasteiger partial charge >= 0.3 is 12.5 Å². The summed E-state index contributed by atoms with van der Waals surface area (Å²) in [6, 6.07) is 6.57. The largest absolute Gasteiger partial charge is 0.573 e. The highest BCUT2D eigenvalue weighted by Crippen LogP contribution is 2.33. The summed E-state index contributed by atoms with van der Waals surface area (Å²) in [5.74, 6) is 0.126.